The van der Waals surface area contributed by atoms with Crippen molar-refractivity contribution in [2.24, 2.45) is 0 Å². The molecular formula is C16H28O2. The van der Waals surface area contributed by atoms with E-state index < -0.39 is 0 Å². The minimum Gasteiger partial charge on any atom is -0.507 e. The molecule has 0 fully saturated rings. The Morgan fingerprint density at radius 1 is 0.889 bits per heavy atom. The van der Waals surface area contributed by atoms with E-state index in [2.05, 4.69) is 41.5 Å². The van der Waals surface area contributed by atoms with Crippen molar-refractivity contribution in [3.05, 3.63) is 29.3 Å². The number of hydrogen-bond donors (Lipinski definition) is 2. The van der Waals surface area contributed by atoms with Crippen LogP contribution in [0.25, 0.3) is 0 Å². The number of benzene rings is 1. The molecule has 0 aromatic heterocycles. The molecule has 104 valence electrons. The molecule has 0 saturated heterocycles. The summed E-state index contributed by atoms with van der Waals surface area (Å²) in [5.74, 6) is 0.456. The monoisotopic (exact) mass is 252 g/mol. The summed E-state index contributed by atoms with van der Waals surface area (Å²) in [5.41, 5.74) is 2.03. The highest BCUT2D eigenvalue weighted by Gasteiger charge is 2.24. The van der Waals surface area contributed by atoms with Gasteiger partial charge in [-0.25, -0.2) is 0 Å². The highest BCUT2D eigenvalue weighted by Crippen LogP contribution is 2.38. The Morgan fingerprint density at radius 2 is 1.17 bits per heavy atom. The van der Waals surface area contributed by atoms with Crippen LogP contribution in [0, 0.1) is 0 Å². The minimum atomic E-state index is -0.00859. The Labute approximate surface area is 112 Å². The zero-order chi connectivity index (χ0) is 14.6. The first-order chi connectivity index (χ1) is 8.05. The van der Waals surface area contributed by atoms with Crippen molar-refractivity contribution < 1.29 is 10.2 Å². The van der Waals surface area contributed by atoms with E-state index in [0.717, 1.165) is 11.1 Å². The lowest BCUT2D eigenvalue weighted by atomic mass is 9.80. The van der Waals surface area contributed by atoms with Gasteiger partial charge in [0, 0.05) is 6.61 Å². The fraction of sp³-hybridized carbons (Fsp3) is 0.625. The zero-order valence-corrected chi connectivity index (χ0v) is 12.8. The number of aliphatic hydroxyl groups is 1. The molecule has 0 atom stereocenters. The smallest absolute Gasteiger partial charge is 0.123 e. The first kappa shape index (κ1) is 17.0. The van der Waals surface area contributed by atoms with Gasteiger partial charge in [-0.2, -0.15) is 0 Å². The molecule has 0 spiro atoms. The number of aliphatic hydroxyl groups excluding tert-OH is 1. The van der Waals surface area contributed by atoms with E-state index in [1.807, 2.05) is 18.2 Å². The molecule has 2 N–H and O–H groups in total. The molecule has 2 heteroatoms. The number of para-hydroxylation sites is 1. The molecular weight excluding hydrogens is 224 g/mol. The standard InChI is InChI=1S/C14H22O.C2H6O/c1-13(2,3)10-8-7-9-11(12(10)15)14(4,5)6;1-2-3/h7-9,15H,1-6H3;3H,2H2,1H3. The Balaban J connectivity index is 0.000000873. The van der Waals surface area contributed by atoms with E-state index in [0.29, 0.717) is 5.75 Å². The van der Waals surface area contributed by atoms with Crippen molar-refractivity contribution in [3.63, 3.8) is 0 Å². The average molecular weight is 252 g/mol. The maximum Gasteiger partial charge on any atom is 0.123 e. The number of phenols is 1. The van der Waals surface area contributed by atoms with Crippen molar-refractivity contribution in [1.29, 1.82) is 0 Å². The van der Waals surface area contributed by atoms with E-state index in [1.165, 1.54) is 0 Å². The largest absolute Gasteiger partial charge is 0.507 e. The second-order valence-corrected chi connectivity index (χ2v) is 6.52. The zero-order valence-electron chi connectivity index (χ0n) is 12.8. The van der Waals surface area contributed by atoms with Gasteiger partial charge < -0.3 is 10.2 Å². The average Bonchev–Trinajstić information content (AvgIpc) is 2.15. The van der Waals surface area contributed by atoms with Crippen LogP contribution in [0.15, 0.2) is 18.2 Å². The summed E-state index contributed by atoms with van der Waals surface area (Å²) < 4.78 is 0. The lowest BCUT2D eigenvalue weighted by Gasteiger charge is -2.26. The van der Waals surface area contributed by atoms with Crippen LogP contribution in [0.4, 0.5) is 0 Å². The van der Waals surface area contributed by atoms with Gasteiger partial charge >= 0.3 is 0 Å². The normalized spacial score (nSPS) is 11.8. The molecule has 18 heavy (non-hydrogen) atoms. The molecule has 0 aliphatic carbocycles. The minimum absolute atomic E-state index is 0.00859. The summed E-state index contributed by atoms with van der Waals surface area (Å²) >= 11 is 0. The van der Waals surface area contributed by atoms with E-state index >= 15 is 0 Å². The highest BCUT2D eigenvalue weighted by molar-refractivity contribution is 5.46. The van der Waals surface area contributed by atoms with Crippen LogP contribution in [-0.2, 0) is 10.8 Å². The van der Waals surface area contributed by atoms with E-state index in [9.17, 15) is 5.11 Å². The Bertz CT molecular complexity index is 335. The van der Waals surface area contributed by atoms with Gasteiger partial charge in [0.2, 0.25) is 0 Å². The predicted octanol–water partition coefficient (Wildman–Crippen LogP) is 3.99. The lowest BCUT2D eigenvalue weighted by molar-refractivity contribution is 0.318. The number of phenolic OH excluding ortho intramolecular Hbond substituents is 1. The second-order valence-electron chi connectivity index (χ2n) is 6.52. The Morgan fingerprint density at radius 3 is 1.39 bits per heavy atom. The van der Waals surface area contributed by atoms with Gasteiger partial charge in [0.25, 0.3) is 0 Å². The second kappa shape index (κ2) is 6.24. The Hall–Kier alpha value is -1.02. The van der Waals surface area contributed by atoms with E-state index in [4.69, 9.17) is 5.11 Å². The first-order valence-electron chi connectivity index (χ1n) is 6.49. The fourth-order valence-corrected chi connectivity index (χ4v) is 1.75. The molecule has 0 aliphatic rings. The van der Waals surface area contributed by atoms with Gasteiger partial charge in [-0.3, -0.25) is 0 Å². The van der Waals surface area contributed by atoms with Crippen LogP contribution >= 0.6 is 0 Å². The van der Waals surface area contributed by atoms with Gasteiger partial charge in [0.15, 0.2) is 0 Å². The van der Waals surface area contributed by atoms with Crippen LogP contribution in [0.5, 0.6) is 5.75 Å². The summed E-state index contributed by atoms with van der Waals surface area (Å²) in [7, 11) is 0. The molecule has 0 unspecified atom stereocenters. The lowest BCUT2D eigenvalue weighted by Crippen LogP contribution is -2.16. The summed E-state index contributed by atoms with van der Waals surface area (Å²) in [6.07, 6.45) is 0. The molecule has 0 heterocycles. The van der Waals surface area contributed by atoms with Crippen molar-refractivity contribution in [2.45, 2.75) is 59.3 Å². The van der Waals surface area contributed by atoms with Crippen molar-refractivity contribution in [3.8, 4) is 5.75 Å². The predicted molar refractivity (Wildman–Crippen MR) is 78.3 cm³/mol. The third-order valence-electron chi connectivity index (χ3n) is 2.65. The number of hydrogen-bond acceptors (Lipinski definition) is 2. The van der Waals surface area contributed by atoms with Gasteiger partial charge in [-0.15, -0.1) is 0 Å². The SMILES string of the molecule is CC(C)(C)c1cccc(C(C)(C)C)c1O.CCO. The van der Waals surface area contributed by atoms with Crippen LogP contribution < -0.4 is 0 Å². The molecule has 0 saturated carbocycles. The number of aromatic hydroxyl groups is 1. The van der Waals surface area contributed by atoms with Crippen LogP contribution in [0.3, 0.4) is 0 Å². The quantitative estimate of drug-likeness (QED) is 0.733. The molecule has 0 aliphatic heterocycles. The Kier molecular flexibility index (Phi) is 5.88. The van der Waals surface area contributed by atoms with E-state index in [1.54, 1.807) is 6.92 Å². The van der Waals surface area contributed by atoms with E-state index in [-0.39, 0.29) is 17.4 Å². The third-order valence-corrected chi connectivity index (χ3v) is 2.65. The van der Waals surface area contributed by atoms with Crippen molar-refractivity contribution in [1.82, 2.24) is 0 Å². The van der Waals surface area contributed by atoms with Crippen molar-refractivity contribution >= 4 is 0 Å². The molecule has 0 amide bonds. The van der Waals surface area contributed by atoms with Crippen LogP contribution in [0.2, 0.25) is 0 Å². The first-order valence-corrected chi connectivity index (χ1v) is 6.49. The summed E-state index contributed by atoms with van der Waals surface area (Å²) in [4.78, 5) is 0. The van der Waals surface area contributed by atoms with Gasteiger partial charge in [-0.05, 0) is 28.9 Å². The van der Waals surface area contributed by atoms with Crippen LogP contribution in [-0.4, -0.2) is 16.8 Å². The molecule has 1 aromatic carbocycles. The molecule has 0 bridgehead atoms. The summed E-state index contributed by atoms with van der Waals surface area (Å²) in [5, 5.41) is 17.8. The topological polar surface area (TPSA) is 40.5 Å². The molecule has 1 aromatic rings. The maximum absolute atomic E-state index is 10.3. The number of rotatable bonds is 0. The fourth-order valence-electron chi connectivity index (χ4n) is 1.75. The maximum atomic E-state index is 10.3. The highest BCUT2D eigenvalue weighted by atomic mass is 16.3. The van der Waals surface area contributed by atoms with Gasteiger partial charge in [0.05, 0.1) is 0 Å². The molecule has 2 nitrogen and oxygen atoms in total. The molecule has 0 radical (unpaired) electrons. The summed E-state index contributed by atoms with van der Waals surface area (Å²) in [6.45, 7) is 14.6. The van der Waals surface area contributed by atoms with Crippen LogP contribution in [0.1, 0.15) is 59.6 Å². The van der Waals surface area contributed by atoms with Gasteiger partial charge in [-0.1, -0.05) is 59.7 Å². The molecule has 1 rings (SSSR count). The summed E-state index contributed by atoms with van der Waals surface area (Å²) in [6, 6.07) is 6.04. The van der Waals surface area contributed by atoms with Crippen molar-refractivity contribution in [2.75, 3.05) is 6.61 Å². The van der Waals surface area contributed by atoms with Gasteiger partial charge in [0.1, 0.15) is 5.75 Å². The third kappa shape index (κ3) is 4.69.